The van der Waals surface area contributed by atoms with Crippen LogP contribution in [0.2, 0.25) is 5.02 Å². The van der Waals surface area contributed by atoms with Crippen molar-refractivity contribution in [2.45, 2.75) is 6.42 Å². The first-order chi connectivity index (χ1) is 8.35. The third-order valence-corrected chi connectivity index (χ3v) is 3.68. The highest BCUT2D eigenvalue weighted by molar-refractivity contribution is 7.92. The summed E-state index contributed by atoms with van der Waals surface area (Å²) in [4.78, 5) is 10.9. The Morgan fingerprint density at radius 3 is 2.72 bits per heavy atom. The molecule has 0 amide bonds. The molecular formula is C10H13ClN2O4S. The number of rotatable bonds is 5. The summed E-state index contributed by atoms with van der Waals surface area (Å²) >= 11 is 5.83. The average Bonchev–Trinajstić information content (AvgIpc) is 2.31. The highest BCUT2D eigenvalue weighted by atomic mass is 35.5. The van der Waals surface area contributed by atoms with Crippen LogP contribution < -0.4 is 10.5 Å². The Morgan fingerprint density at radius 2 is 2.17 bits per heavy atom. The number of nitrogens with two attached hydrogens (primary N) is 1. The predicted molar refractivity (Wildman–Crippen MR) is 69.9 cm³/mol. The molecule has 0 aliphatic carbocycles. The van der Waals surface area contributed by atoms with E-state index in [2.05, 4.69) is 9.46 Å². The van der Waals surface area contributed by atoms with Crippen molar-refractivity contribution in [1.29, 1.82) is 0 Å². The van der Waals surface area contributed by atoms with Crippen LogP contribution in [-0.2, 0) is 19.6 Å². The van der Waals surface area contributed by atoms with Gasteiger partial charge in [-0.1, -0.05) is 17.7 Å². The minimum Gasteiger partial charge on any atom is -0.469 e. The Hall–Kier alpha value is -1.47. The smallest absolute Gasteiger partial charge is 0.306 e. The van der Waals surface area contributed by atoms with Crippen LogP contribution >= 0.6 is 11.6 Å². The number of nitrogens with one attached hydrogen (secondary N) is 1. The zero-order valence-corrected chi connectivity index (χ0v) is 11.2. The van der Waals surface area contributed by atoms with E-state index in [0.717, 1.165) is 0 Å². The molecule has 0 bridgehead atoms. The lowest BCUT2D eigenvalue weighted by Gasteiger charge is -2.11. The predicted octanol–water partition coefficient (Wildman–Crippen LogP) is 1.23. The molecule has 0 aliphatic heterocycles. The Bertz CT molecular complexity index is 525. The minimum atomic E-state index is -3.70. The maximum atomic E-state index is 11.7. The number of anilines is 2. The van der Waals surface area contributed by atoms with Crippen LogP contribution in [-0.4, -0.2) is 27.2 Å². The van der Waals surface area contributed by atoms with Gasteiger partial charge in [-0.25, -0.2) is 8.42 Å². The molecule has 100 valence electrons. The van der Waals surface area contributed by atoms with Crippen LogP contribution in [0.4, 0.5) is 11.4 Å². The van der Waals surface area contributed by atoms with Crippen molar-refractivity contribution >= 4 is 39.0 Å². The first-order valence-electron chi connectivity index (χ1n) is 4.97. The number of methoxy groups -OCH3 is 1. The van der Waals surface area contributed by atoms with Gasteiger partial charge in [0.05, 0.1) is 35.7 Å². The number of hydrogen-bond donors (Lipinski definition) is 2. The summed E-state index contributed by atoms with van der Waals surface area (Å²) in [5.74, 6) is -1.00. The molecule has 0 atom stereocenters. The van der Waals surface area contributed by atoms with Gasteiger partial charge in [0.25, 0.3) is 0 Å². The molecule has 0 aromatic heterocycles. The van der Waals surface area contributed by atoms with Crippen molar-refractivity contribution < 1.29 is 17.9 Å². The standard InChI is InChI=1S/C10H13ClN2O4S/c1-17-9(14)5-6-18(15,16)13-10-7(11)3-2-4-8(10)12/h2-4,13H,5-6,12H2,1H3. The summed E-state index contributed by atoms with van der Waals surface area (Å²) in [5, 5.41) is 0.191. The number of sulfonamides is 1. The van der Waals surface area contributed by atoms with Gasteiger partial charge < -0.3 is 10.5 Å². The lowest BCUT2D eigenvalue weighted by Crippen LogP contribution is -2.20. The van der Waals surface area contributed by atoms with Crippen molar-refractivity contribution in [3.63, 3.8) is 0 Å². The van der Waals surface area contributed by atoms with Crippen molar-refractivity contribution in [2.24, 2.45) is 0 Å². The SMILES string of the molecule is COC(=O)CCS(=O)(=O)Nc1c(N)cccc1Cl. The van der Waals surface area contributed by atoms with E-state index in [0.29, 0.717) is 0 Å². The molecule has 0 aliphatic rings. The zero-order valence-electron chi connectivity index (χ0n) is 9.64. The van der Waals surface area contributed by atoms with E-state index in [1.54, 1.807) is 6.07 Å². The molecule has 18 heavy (non-hydrogen) atoms. The monoisotopic (exact) mass is 292 g/mol. The molecule has 1 aromatic rings. The number of carbonyl (C=O) groups excluding carboxylic acids is 1. The fraction of sp³-hybridized carbons (Fsp3) is 0.300. The minimum absolute atomic E-state index is 0.115. The topological polar surface area (TPSA) is 98.5 Å². The third kappa shape index (κ3) is 4.08. The summed E-state index contributed by atoms with van der Waals surface area (Å²) in [5.41, 5.74) is 5.93. The number of para-hydroxylation sites is 1. The van der Waals surface area contributed by atoms with Crippen molar-refractivity contribution in [3.05, 3.63) is 23.2 Å². The van der Waals surface area contributed by atoms with Crippen LogP contribution in [0.25, 0.3) is 0 Å². The number of halogens is 1. The zero-order chi connectivity index (χ0) is 13.8. The molecule has 1 aromatic carbocycles. The Labute approximate surface area is 110 Å². The van der Waals surface area contributed by atoms with E-state index in [1.165, 1.54) is 19.2 Å². The second-order valence-corrected chi connectivity index (χ2v) is 5.70. The van der Waals surface area contributed by atoms with Gasteiger partial charge in [0, 0.05) is 0 Å². The van der Waals surface area contributed by atoms with E-state index < -0.39 is 21.7 Å². The molecule has 0 spiro atoms. The highest BCUT2D eigenvalue weighted by Crippen LogP contribution is 2.28. The van der Waals surface area contributed by atoms with Crippen LogP contribution in [0.5, 0.6) is 0 Å². The van der Waals surface area contributed by atoms with Gasteiger partial charge in [-0.05, 0) is 12.1 Å². The van der Waals surface area contributed by atoms with E-state index in [9.17, 15) is 13.2 Å². The fourth-order valence-electron chi connectivity index (χ4n) is 1.17. The Morgan fingerprint density at radius 1 is 1.50 bits per heavy atom. The largest absolute Gasteiger partial charge is 0.469 e. The quantitative estimate of drug-likeness (QED) is 0.628. The number of benzene rings is 1. The lowest BCUT2D eigenvalue weighted by molar-refractivity contribution is -0.140. The summed E-state index contributed by atoms with van der Waals surface area (Å²) < 4.78 is 30.0. The summed E-state index contributed by atoms with van der Waals surface area (Å²) in [6.45, 7) is 0. The summed E-state index contributed by atoms with van der Waals surface area (Å²) in [7, 11) is -2.51. The van der Waals surface area contributed by atoms with Gasteiger partial charge in [-0.15, -0.1) is 0 Å². The van der Waals surface area contributed by atoms with Gasteiger partial charge in [0.1, 0.15) is 0 Å². The van der Waals surface area contributed by atoms with E-state index in [1.807, 2.05) is 0 Å². The number of ether oxygens (including phenoxy) is 1. The fourth-order valence-corrected chi connectivity index (χ4v) is 2.54. The second-order valence-electron chi connectivity index (χ2n) is 3.45. The molecule has 0 saturated carbocycles. The number of carbonyl (C=O) groups is 1. The van der Waals surface area contributed by atoms with E-state index >= 15 is 0 Å². The molecule has 6 nitrogen and oxygen atoms in total. The molecule has 0 fully saturated rings. The molecule has 1 rings (SSSR count). The maximum absolute atomic E-state index is 11.7. The van der Waals surface area contributed by atoms with Gasteiger partial charge in [-0.3, -0.25) is 9.52 Å². The van der Waals surface area contributed by atoms with Crippen molar-refractivity contribution in [1.82, 2.24) is 0 Å². The molecule has 8 heteroatoms. The Kier molecular flexibility index (Phi) is 4.80. The first kappa shape index (κ1) is 14.6. The highest BCUT2D eigenvalue weighted by Gasteiger charge is 2.16. The van der Waals surface area contributed by atoms with Crippen molar-refractivity contribution in [2.75, 3.05) is 23.3 Å². The van der Waals surface area contributed by atoms with Crippen LogP contribution in [0.1, 0.15) is 6.42 Å². The summed E-state index contributed by atoms with van der Waals surface area (Å²) in [6.07, 6.45) is -0.240. The van der Waals surface area contributed by atoms with Crippen LogP contribution in [0.15, 0.2) is 18.2 Å². The van der Waals surface area contributed by atoms with Gasteiger partial charge in [0.2, 0.25) is 10.0 Å². The van der Waals surface area contributed by atoms with Gasteiger partial charge in [0.15, 0.2) is 0 Å². The van der Waals surface area contributed by atoms with Crippen LogP contribution in [0, 0.1) is 0 Å². The molecule has 0 saturated heterocycles. The van der Waals surface area contributed by atoms with E-state index in [4.69, 9.17) is 17.3 Å². The van der Waals surface area contributed by atoms with Gasteiger partial charge in [-0.2, -0.15) is 0 Å². The molecule has 0 unspecified atom stereocenters. The molecule has 0 radical (unpaired) electrons. The maximum Gasteiger partial charge on any atom is 0.306 e. The van der Waals surface area contributed by atoms with Crippen LogP contribution in [0.3, 0.4) is 0 Å². The molecular weight excluding hydrogens is 280 g/mol. The summed E-state index contributed by atoms with van der Waals surface area (Å²) in [6, 6.07) is 4.63. The van der Waals surface area contributed by atoms with Crippen molar-refractivity contribution in [3.8, 4) is 0 Å². The number of esters is 1. The van der Waals surface area contributed by atoms with E-state index in [-0.39, 0.29) is 22.8 Å². The average molecular weight is 293 g/mol. The number of nitrogen functional groups attached to an aromatic ring is 1. The third-order valence-electron chi connectivity index (χ3n) is 2.11. The molecule has 3 N–H and O–H groups in total. The molecule has 0 heterocycles. The second kappa shape index (κ2) is 5.92. The Balaban J connectivity index is 2.80. The number of hydrogen-bond acceptors (Lipinski definition) is 5. The lowest BCUT2D eigenvalue weighted by atomic mass is 10.3. The first-order valence-corrected chi connectivity index (χ1v) is 7.00. The van der Waals surface area contributed by atoms with Gasteiger partial charge >= 0.3 is 5.97 Å². The normalized spacial score (nSPS) is 11.0.